The van der Waals surface area contributed by atoms with Crippen molar-refractivity contribution in [1.29, 1.82) is 0 Å². The molecule has 4 atom stereocenters. The molecular weight excluding hydrogens is 572 g/mol. The minimum atomic E-state index is -4.48. The molecule has 5 nitrogen and oxygen atoms in total. The topological polar surface area (TPSA) is 53.6 Å². The molecule has 2 N–H and O–H groups in total. The Morgan fingerprint density at radius 1 is 1.00 bits per heavy atom. The van der Waals surface area contributed by atoms with Crippen molar-refractivity contribution >= 4 is 5.91 Å². The third-order valence-electron chi connectivity index (χ3n) is 10.1. The Morgan fingerprint density at radius 2 is 1.74 bits per heavy atom. The Balaban J connectivity index is 1.30. The van der Waals surface area contributed by atoms with Gasteiger partial charge in [0, 0.05) is 62.6 Å². The van der Waals surface area contributed by atoms with Crippen molar-refractivity contribution in [2.75, 3.05) is 32.8 Å². The quantitative estimate of drug-likeness (QED) is 0.413. The van der Waals surface area contributed by atoms with E-state index in [1.54, 1.807) is 24.3 Å². The Hall–Kier alpha value is -2.79. The summed E-state index contributed by atoms with van der Waals surface area (Å²) in [6.07, 6.45) is -3.29. The van der Waals surface area contributed by atoms with E-state index >= 15 is 0 Å². The van der Waals surface area contributed by atoms with Crippen molar-refractivity contribution < 1.29 is 35.9 Å². The normalized spacial score (nSPS) is 29.4. The summed E-state index contributed by atoms with van der Waals surface area (Å²) in [5.41, 5.74) is 1.29. The molecule has 3 fully saturated rings. The molecule has 1 aliphatic carbocycles. The van der Waals surface area contributed by atoms with Crippen molar-refractivity contribution in [2.45, 2.75) is 74.5 Å². The Kier molecular flexibility index (Phi) is 8.17. The van der Waals surface area contributed by atoms with Crippen molar-refractivity contribution in [2.24, 2.45) is 11.8 Å². The number of likely N-dealkylation sites (tertiary alicyclic amines) is 1. The molecule has 3 aliphatic heterocycles. The first-order valence-corrected chi connectivity index (χ1v) is 15.1. The van der Waals surface area contributed by atoms with Gasteiger partial charge in [0.15, 0.2) is 6.61 Å². The third-order valence-corrected chi connectivity index (χ3v) is 10.1. The van der Waals surface area contributed by atoms with E-state index in [2.05, 4.69) is 10.6 Å². The minimum absolute atomic E-state index is 0.0874. The number of nitrogens with one attached hydrogen (secondary N) is 2. The number of halogens is 6. The molecule has 2 aromatic carbocycles. The highest BCUT2D eigenvalue weighted by atomic mass is 19.4. The van der Waals surface area contributed by atoms with Crippen LogP contribution in [0.3, 0.4) is 0 Å². The minimum Gasteiger partial charge on any atom is -0.484 e. The van der Waals surface area contributed by atoms with E-state index in [1.165, 1.54) is 12.1 Å². The summed E-state index contributed by atoms with van der Waals surface area (Å²) in [7, 11) is 0. The van der Waals surface area contributed by atoms with Crippen molar-refractivity contribution in [1.82, 2.24) is 15.5 Å². The van der Waals surface area contributed by atoms with Crippen molar-refractivity contribution in [3.8, 4) is 5.75 Å². The van der Waals surface area contributed by atoms with E-state index in [-0.39, 0.29) is 48.2 Å². The number of amides is 1. The fourth-order valence-electron chi connectivity index (χ4n) is 8.02. The SMILES string of the molecule is O=C([C@@H]1CNC[C@]12CNCc1c(OCC(F)(F)F)cccc12)N1CC[C@@H](c2ccccc2F)C[C@H]1C1CCC(F)(F)CC1. The predicted octanol–water partition coefficient (Wildman–Crippen LogP) is 5.93. The standard InChI is InChI=1S/C32H37F6N3O2/c33-26-6-2-1-4-22(26)21-10-13-41(27(14-21)20-8-11-31(34,35)12-9-20)29(42)25-16-40-18-30(25)17-39-15-23-24(30)5-3-7-28(23)43-19-32(36,37)38/h1-7,20-21,25,27,39-40H,8-19H2/t21-,25+,27+,30+/m1/s1. The van der Waals surface area contributed by atoms with E-state index in [1.807, 2.05) is 11.0 Å². The number of carbonyl (C=O) groups is 1. The molecule has 43 heavy (non-hydrogen) atoms. The maximum absolute atomic E-state index is 14.8. The summed E-state index contributed by atoms with van der Waals surface area (Å²) < 4.78 is 87.2. The summed E-state index contributed by atoms with van der Waals surface area (Å²) in [6.45, 7) is 0.596. The molecule has 0 bridgehead atoms. The van der Waals surface area contributed by atoms with Crippen LogP contribution in [0.15, 0.2) is 42.5 Å². The van der Waals surface area contributed by atoms with Gasteiger partial charge in [-0.2, -0.15) is 13.2 Å². The molecule has 4 aliphatic rings. The van der Waals surface area contributed by atoms with E-state index in [4.69, 9.17) is 4.74 Å². The van der Waals surface area contributed by atoms with Crippen LogP contribution in [0.4, 0.5) is 26.3 Å². The number of carbonyl (C=O) groups excluding carboxylic acids is 1. The predicted molar refractivity (Wildman–Crippen MR) is 149 cm³/mol. The molecule has 1 saturated carbocycles. The van der Waals surface area contributed by atoms with Crippen LogP contribution in [0, 0.1) is 17.7 Å². The number of hydrogen-bond acceptors (Lipinski definition) is 4. The highest BCUT2D eigenvalue weighted by Gasteiger charge is 2.53. The van der Waals surface area contributed by atoms with Crippen LogP contribution < -0.4 is 15.4 Å². The molecular formula is C32H37F6N3O2. The Morgan fingerprint density at radius 3 is 2.49 bits per heavy atom. The Labute approximate surface area is 247 Å². The van der Waals surface area contributed by atoms with Gasteiger partial charge in [-0.1, -0.05) is 30.3 Å². The zero-order valence-electron chi connectivity index (χ0n) is 23.9. The second-order valence-corrected chi connectivity index (χ2v) is 12.7. The van der Waals surface area contributed by atoms with Gasteiger partial charge in [0.25, 0.3) is 0 Å². The highest BCUT2D eigenvalue weighted by molar-refractivity contribution is 5.82. The fourth-order valence-corrected chi connectivity index (χ4v) is 8.02. The van der Waals surface area contributed by atoms with Gasteiger partial charge in [0.05, 0.1) is 5.92 Å². The van der Waals surface area contributed by atoms with Gasteiger partial charge in [-0.15, -0.1) is 0 Å². The van der Waals surface area contributed by atoms with Gasteiger partial charge in [0.1, 0.15) is 11.6 Å². The molecule has 2 aromatic rings. The van der Waals surface area contributed by atoms with Crippen LogP contribution in [-0.2, 0) is 16.8 Å². The summed E-state index contributed by atoms with van der Waals surface area (Å²) in [6, 6.07) is 11.4. The summed E-state index contributed by atoms with van der Waals surface area (Å²) in [5, 5.41) is 6.68. The Bertz CT molecular complexity index is 1330. The number of fused-ring (bicyclic) bond motifs is 2. The maximum Gasteiger partial charge on any atom is 0.422 e. The van der Waals surface area contributed by atoms with Gasteiger partial charge in [-0.25, -0.2) is 13.2 Å². The van der Waals surface area contributed by atoms with Gasteiger partial charge < -0.3 is 20.3 Å². The molecule has 0 unspecified atom stereocenters. The van der Waals surface area contributed by atoms with Crippen LogP contribution in [0.2, 0.25) is 0 Å². The summed E-state index contributed by atoms with van der Waals surface area (Å²) in [4.78, 5) is 16.4. The first-order chi connectivity index (χ1) is 20.5. The van der Waals surface area contributed by atoms with Crippen LogP contribution in [0.25, 0.3) is 0 Å². The van der Waals surface area contributed by atoms with Gasteiger partial charge >= 0.3 is 6.18 Å². The number of piperidine rings is 1. The second kappa shape index (κ2) is 11.6. The second-order valence-electron chi connectivity index (χ2n) is 12.7. The number of benzene rings is 2. The molecule has 2 saturated heterocycles. The lowest BCUT2D eigenvalue weighted by Gasteiger charge is -2.48. The first kappa shape index (κ1) is 30.2. The van der Waals surface area contributed by atoms with Gasteiger partial charge in [-0.05, 0) is 60.8 Å². The van der Waals surface area contributed by atoms with E-state index in [9.17, 15) is 31.1 Å². The first-order valence-electron chi connectivity index (χ1n) is 15.1. The monoisotopic (exact) mass is 609 g/mol. The zero-order chi connectivity index (χ0) is 30.4. The molecule has 6 rings (SSSR count). The van der Waals surface area contributed by atoms with Crippen molar-refractivity contribution in [3.05, 3.63) is 65.0 Å². The van der Waals surface area contributed by atoms with Crippen LogP contribution >= 0.6 is 0 Å². The van der Waals surface area contributed by atoms with E-state index in [0.29, 0.717) is 69.5 Å². The lowest BCUT2D eigenvalue weighted by molar-refractivity contribution is -0.153. The lowest BCUT2D eigenvalue weighted by Crippen LogP contribution is -2.57. The number of ether oxygens (including phenoxy) is 1. The van der Waals surface area contributed by atoms with Crippen molar-refractivity contribution in [3.63, 3.8) is 0 Å². The van der Waals surface area contributed by atoms with Crippen LogP contribution in [-0.4, -0.2) is 61.7 Å². The number of hydrogen-bond donors (Lipinski definition) is 2. The van der Waals surface area contributed by atoms with Gasteiger partial charge in [0.2, 0.25) is 11.8 Å². The summed E-state index contributed by atoms with van der Waals surface area (Å²) in [5.74, 6) is -3.72. The molecule has 1 amide bonds. The fraction of sp³-hybridized carbons (Fsp3) is 0.594. The molecule has 0 radical (unpaired) electrons. The average molecular weight is 610 g/mol. The lowest BCUT2D eigenvalue weighted by atomic mass is 9.67. The smallest absolute Gasteiger partial charge is 0.422 e. The van der Waals surface area contributed by atoms with Crippen LogP contribution in [0.1, 0.15) is 61.1 Å². The summed E-state index contributed by atoms with van der Waals surface area (Å²) >= 11 is 0. The molecule has 1 spiro atoms. The van der Waals surface area contributed by atoms with E-state index in [0.717, 1.165) is 5.56 Å². The number of nitrogens with zero attached hydrogens (tertiary/aromatic N) is 1. The third kappa shape index (κ3) is 5.99. The number of rotatable bonds is 5. The maximum atomic E-state index is 14.8. The zero-order valence-corrected chi connectivity index (χ0v) is 23.9. The molecule has 3 heterocycles. The largest absolute Gasteiger partial charge is 0.484 e. The average Bonchev–Trinajstić information content (AvgIpc) is 3.39. The molecule has 11 heteroatoms. The molecule has 0 aromatic heterocycles. The molecule has 234 valence electrons. The van der Waals surface area contributed by atoms with Crippen LogP contribution in [0.5, 0.6) is 5.75 Å². The van der Waals surface area contributed by atoms with E-state index < -0.39 is 30.0 Å². The van der Waals surface area contributed by atoms with Gasteiger partial charge in [-0.3, -0.25) is 4.79 Å². The highest BCUT2D eigenvalue weighted by Crippen LogP contribution is 2.47. The number of alkyl halides is 5.